The van der Waals surface area contributed by atoms with Crippen LogP contribution in [0.15, 0.2) is 24.3 Å². The molecule has 1 amide bonds. The summed E-state index contributed by atoms with van der Waals surface area (Å²) in [5.41, 5.74) is 0.948. The number of aliphatic hydroxyl groups is 1. The first-order valence-electron chi connectivity index (χ1n) is 6.75. The minimum Gasteiger partial charge on any atom is -0.497 e. The van der Waals surface area contributed by atoms with Crippen molar-refractivity contribution < 1.29 is 14.6 Å². The van der Waals surface area contributed by atoms with Crippen LogP contribution in [0.25, 0.3) is 0 Å². The third-order valence-electron chi connectivity index (χ3n) is 3.60. The van der Waals surface area contributed by atoms with Gasteiger partial charge in [0.15, 0.2) is 0 Å². The van der Waals surface area contributed by atoms with Crippen LogP contribution >= 0.6 is 0 Å². The van der Waals surface area contributed by atoms with Crippen LogP contribution in [0, 0.1) is 5.92 Å². The second-order valence-corrected chi connectivity index (χ2v) is 5.17. The van der Waals surface area contributed by atoms with E-state index in [0.29, 0.717) is 18.9 Å². The maximum atomic E-state index is 11.8. The van der Waals surface area contributed by atoms with Crippen molar-refractivity contribution in [3.8, 4) is 5.75 Å². The normalized spacial score (nSPS) is 22.2. The monoisotopic (exact) mass is 263 g/mol. The van der Waals surface area contributed by atoms with Crippen molar-refractivity contribution in [2.45, 2.75) is 31.8 Å². The summed E-state index contributed by atoms with van der Waals surface area (Å²) in [7, 11) is 1.62. The zero-order valence-corrected chi connectivity index (χ0v) is 11.3. The van der Waals surface area contributed by atoms with E-state index in [1.54, 1.807) is 7.11 Å². The van der Waals surface area contributed by atoms with Crippen molar-refractivity contribution in [3.05, 3.63) is 29.8 Å². The first kappa shape index (κ1) is 13.9. The quantitative estimate of drug-likeness (QED) is 0.846. The van der Waals surface area contributed by atoms with E-state index in [9.17, 15) is 9.90 Å². The van der Waals surface area contributed by atoms with Gasteiger partial charge in [0.1, 0.15) is 5.75 Å². The highest BCUT2D eigenvalue weighted by Crippen LogP contribution is 2.24. The number of carbonyl (C=O) groups excluding carboxylic acids is 1. The summed E-state index contributed by atoms with van der Waals surface area (Å²) in [5.74, 6) is 1.21. The number of methoxy groups -OCH3 is 1. The molecule has 0 radical (unpaired) electrons. The maximum absolute atomic E-state index is 11.8. The average molecular weight is 263 g/mol. The van der Waals surface area contributed by atoms with Gasteiger partial charge in [-0.1, -0.05) is 12.1 Å². The number of hydrogen-bond donors (Lipinski definition) is 2. The van der Waals surface area contributed by atoms with Gasteiger partial charge in [-0.25, -0.2) is 0 Å². The molecule has 0 aliphatic heterocycles. The fourth-order valence-electron chi connectivity index (χ4n) is 2.52. The zero-order chi connectivity index (χ0) is 13.7. The fourth-order valence-corrected chi connectivity index (χ4v) is 2.52. The lowest BCUT2D eigenvalue weighted by atomic mass is 10.1. The molecule has 0 bridgehead atoms. The molecule has 0 saturated heterocycles. The molecular formula is C15H21NO3. The van der Waals surface area contributed by atoms with Gasteiger partial charge in [-0.15, -0.1) is 0 Å². The lowest BCUT2D eigenvalue weighted by molar-refractivity contribution is -0.120. The molecule has 2 N–H and O–H groups in total. The Kier molecular flexibility index (Phi) is 4.80. The Bertz CT molecular complexity index is 433. The Morgan fingerprint density at radius 1 is 1.47 bits per heavy atom. The molecule has 2 unspecified atom stereocenters. The third-order valence-corrected chi connectivity index (χ3v) is 3.60. The van der Waals surface area contributed by atoms with Crippen molar-refractivity contribution >= 4 is 5.91 Å². The van der Waals surface area contributed by atoms with E-state index in [1.807, 2.05) is 24.3 Å². The second-order valence-electron chi connectivity index (χ2n) is 5.17. The van der Waals surface area contributed by atoms with Crippen LogP contribution in [0.3, 0.4) is 0 Å². The summed E-state index contributed by atoms with van der Waals surface area (Å²) in [6, 6.07) is 7.54. The summed E-state index contributed by atoms with van der Waals surface area (Å²) < 4.78 is 5.13. The minimum atomic E-state index is -0.180. The molecule has 19 heavy (non-hydrogen) atoms. The van der Waals surface area contributed by atoms with Crippen LogP contribution < -0.4 is 10.1 Å². The number of benzene rings is 1. The standard InChI is InChI=1S/C15H21NO3/c1-19-14-4-2-3-11(8-14)9-15(18)16-10-12-5-6-13(17)7-12/h2-4,8,12-13,17H,5-7,9-10H2,1H3,(H,16,18). The molecule has 2 rings (SSSR count). The molecule has 1 aromatic carbocycles. The lowest BCUT2D eigenvalue weighted by Crippen LogP contribution is -2.29. The first-order chi connectivity index (χ1) is 9.17. The molecular weight excluding hydrogens is 242 g/mol. The van der Waals surface area contributed by atoms with Crippen molar-refractivity contribution in [3.63, 3.8) is 0 Å². The SMILES string of the molecule is COc1cccc(CC(=O)NCC2CCC(O)C2)c1. The summed E-state index contributed by atoms with van der Waals surface area (Å²) in [6.45, 7) is 0.667. The van der Waals surface area contributed by atoms with Gasteiger partial charge in [0, 0.05) is 6.54 Å². The van der Waals surface area contributed by atoms with E-state index >= 15 is 0 Å². The van der Waals surface area contributed by atoms with E-state index in [4.69, 9.17) is 4.74 Å². The number of amides is 1. The molecule has 1 aliphatic carbocycles. The van der Waals surface area contributed by atoms with Gasteiger partial charge in [0.2, 0.25) is 5.91 Å². The number of carbonyl (C=O) groups is 1. The topological polar surface area (TPSA) is 58.6 Å². The van der Waals surface area contributed by atoms with Crippen molar-refractivity contribution in [2.75, 3.05) is 13.7 Å². The summed E-state index contributed by atoms with van der Waals surface area (Å²) in [4.78, 5) is 11.8. The predicted octanol–water partition coefficient (Wildman–Crippen LogP) is 1.51. The molecule has 4 nitrogen and oxygen atoms in total. The maximum Gasteiger partial charge on any atom is 0.224 e. The largest absolute Gasteiger partial charge is 0.497 e. The lowest BCUT2D eigenvalue weighted by Gasteiger charge is -2.11. The van der Waals surface area contributed by atoms with Gasteiger partial charge >= 0.3 is 0 Å². The number of aliphatic hydroxyl groups excluding tert-OH is 1. The molecule has 2 atom stereocenters. The first-order valence-corrected chi connectivity index (χ1v) is 6.75. The van der Waals surface area contributed by atoms with Crippen LogP contribution in [-0.4, -0.2) is 30.8 Å². The van der Waals surface area contributed by atoms with E-state index in [0.717, 1.165) is 30.6 Å². The third kappa shape index (κ3) is 4.24. The van der Waals surface area contributed by atoms with Crippen LogP contribution in [-0.2, 0) is 11.2 Å². The number of ether oxygens (including phenoxy) is 1. The number of rotatable bonds is 5. The summed E-state index contributed by atoms with van der Waals surface area (Å²) in [5, 5.41) is 12.4. The zero-order valence-electron chi connectivity index (χ0n) is 11.3. The van der Waals surface area contributed by atoms with Gasteiger partial charge in [0.25, 0.3) is 0 Å². The molecule has 1 aliphatic rings. The molecule has 4 heteroatoms. The van der Waals surface area contributed by atoms with E-state index in [2.05, 4.69) is 5.32 Å². The molecule has 1 fully saturated rings. The van der Waals surface area contributed by atoms with E-state index in [-0.39, 0.29) is 12.0 Å². The van der Waals surface area contributed by atoms with Crippen molar-refractivity contribution in [2.24, 2.45) is 5.92 Å². The van der Waals surface area contributed by atoms with Crippen LogP contribution in [0.4, 0.5) is 0 Å². The van der Waals surface area contributed by atoms with E-state index < -0.39 is 0 Å². The molecule has 0 spiro atoms. The Labute approximate surface area is 113 Å². The van der Waals surface area contributed by atoms with E-state index in [1.165, 1.54) is 0 Å². The van der Waals surface area contributed by atoms with Crippen molar-refractivity contribution in [1.29, 1.82) is 0 Å². The minimum absolute atomic E-state index is 0.0228. The smallest absolute Gasteiger partial charge is 0.224 e. The van der Waals surface area contributed by atoms with Crippen LogP contribution in [0.2, 0.25) is 0 Å². The Morgan fingerprint density at radius 2 is 2.32 bits per heavy atom. The molecule has 0 heterocycles. The highest BCUT2D eigenvalue weighted by atomic mass is 16.5. The summed E-state index contributed by atoms with van der Waals surface area (Å²) >= 11 is 0. The van der Waals surface area contributed by atoms with Gasteiger partial charge in [-0.2, -0.15) is 0 Å². The fraction of sp³-hybridized carbons (Fsp3) is 0.533. The number of hydrogen-bond acceptors (Lipinski definition) is 3. The van der Waals surface area contributed by atoms with Gasteiger partial charge in [-0.3, -0.25) is 4.79 Å². The molecule has 104 valence electrons. The average Bonchev–Trinajstić information content (AvgIpc) is 2.82. The molecule has 0 aromatic heterocycles. The van der Waals surface area contributed by atoms with Gasteiger partial charge in [-0.05, 0) is 42.9 Å². The van der Waals surface area contributed by atoms with Crippen LogP contribution in [0.1, 0.15) is 24.8 Å². The second kappa shape index (κ2) is 6.57. The Morgan fingerprint density at radius 3 is 3.00 bits per heavy atom. The van der Waals surface area contributed by atoms with Gasteiger partial charge in [0.05, 0.1) is 19.6 Å². The highest BCUT2D eigenvalue weighted by Gasteiger charge is 2.22. The summed E-state index contributed by atoms with van der Waals surface area (Å²) in [6.07, 6.45) is 2.85. The van der Waals surface area contributed by atoms with Crippen LogP contribution in [0.5, 0.6) is 5.75 Å². The molecule has 1 aromatic rings. The van der Waals surface area contributed by atoms with Gasteiger partial charge < -0.3 is 15.2 Å². The predicted molar refractivity (Wildman–Crippen MR) is 73.1 cm³/mol. The Balaban J connectivity index is 1.77. The molecule has 1 saturated carbocycles. The van der Waals surface area contributed by atoms with Crippen molar-refractivity contribution in [1.82, 2.24) is 5.32 Å². The Hall–Kier alpha value is -1.55. The highest BCUT2D eigenvalue weighted by molar-refractivity contribution is 5.78. The number of nitrogens with one attached hydrogen (secondary N) is 1.